The number of hydrogen-bond donors (Lipinski definition) is 0. The van der Waals surface area contributed by atoms with Crippen LogP contribution in [0.15, 0.2) is 47.3 Å². The van der Waals surface area contributed by atoms with Gasteiger partial charge in [-0.2, -0.15) is 0 Å². The molecular formula is C20H21NO4. The molecule has 2 aromatic rings. The molecule has 0 amide bonds. The van der Waals surface area contributed by atoms with E-state index in [4.69, 9.17) is 9.47 Å². The molecule has 0 spiro atoms. The van der Waals surface area contributed by atoms with Crippen LogP contribution in [-0.2, 0) is 11.8 Å². The van der Waals surface area contributed by atoms with E-state index in [1.165, 1.54) is 0 Å². The summed E-state index contributed by atoms with van der Waals surface area (Å²) in [6.45, 7) is 7.92. The van der Waals surface area contributed by atoms with Gasteiger partial charge in [-0.05, 0) is 25.5 Å². The van der Waals surface area contributed by atoms with Crippen LogP contribution in [-0.4, -0.2) is 17.1 Å². The van der Waals surface area contributed by atoms with Gasteiger partial charge in [-0.15, -0.1) is 0 Å². The van der Waals surface area contributed by atoms with Crippen molar-refractivity contribution < 1.29 is 14.3 Å². The molecule has 5 nitrogen and oxygen atoms in total. The lowest BCUT2D eigenvalue weighted by atomic mass is 9.86. The van der Waals surface area contributed by atoms with Crippen LogP contribution in [0.3, 0.4) is 0 Å². The van der Waals surface area contributed by atoms with Gasteiger partial charge in [-0.3, -0.25) is 9.59 Å². The van der Waals surface area contributed by atoms with Crippen LogP contribution < -0.4 is 15.0 Å². The Morgan fingerprint density at radius 1 is 1.36 bits per heavy atom. The Labute approximate surface area is 146 Å². The third-order valence-electron chi connectivity index (χ3n) is 4.38. The van der Waals surface area contributed by atoms with E-state index in [0.29, 0.717) is 23.7 Å². The van der Waals surface area contributed by atoms with Crippen LogP contribution in [0.2, 0.25) is 0 Å². The van der Waals surface area contributed by atoms with Gasteiger partial charge >= 0.3 is 5.97 Å². The fraction of sp³-hybridized carbons (Fsp3) is 0.300. The fourth-order valence-corrected chi connectivity index (χ4v) is 3.02. The second kappa shape index (κ2) is 6.59. The molecule has 5 heteroatoms. The van der Waals surface area contributed by atoms with E-state index >= 15 is 0 Å². The van der Waals surface area contributed by atoms with Crippen LogP contribution in [0.5, 0.6) is 11.5 Å². The molecule has 2 heterocycles. The number of esters is 1. The third-order valence-corrected chi connectivity index (χ3v) is 4.38. The van der Waals surface area contributed by atoms with Crippen LogP contribution in [0.1, 0.15) is 36.1 Å². The van der Waals surface area contributed by atoms with Gasteiger partial charge in [0.25, 0.3) is 5.56 Å². The summed E-state index contributed by atoms with van der Waals surface area (Å²) < 4.78 is 12.7. The maximum absolute atomic E-state index is 12.8. The Hall–Kier alpha value is -2.82. The molecule has 130 valence electrons. The van der Waals surface area contributed by atoms with Crippen molar-refractivity contribution in [3.05, 3.63) is 69.7 Å². The van der Waals surface area contributed by atoms with Gasteiger partial charge in [0.2, 0.25) is 0 Å². The smallest absolute Gasteiger partial charge is 0.312 e. The summed E-state index contributed by atoms with van der Waals surface area (Å²) in [6, 6.07) is 9.21. The number of pyridine rings is 1. The van der Waals surface area contributed by atoms with Crippen molar-refractivity contribution in [2.75, 3.05) is 6.61 Å². The van der Waals surface area contributed by atoms with E-state index in [1.54, 1.807) is 17.7 Å². The van der Waals surface area contributed by atoms with E-state index < -0.39 is 5.92 Å². The zero-order valence-electron chi connectivity index (χ0n) is 14.7. The van der Waals surface area contributed by atoms with Gasteiger partial charge in [0.1, 0.15) is 18.1 Å². The molecule has 0 N–H and O–H groups in total. The minimum atomic E-state index is -0.392. The van der Waals surface area contributed by atoms with Crippen molar-refractivity contribution in [3.63, 3.8) is 0 Å². The molecular weight excluding hydrogens is 318 g/mol. The number of carbonyl (C=O) groups excluding carboxylic acids is 1. The molecule has 1 unspecified atom stereocenters. The molecule has 3 rings (SSSR count). The van der Waals surface area contributed by atoms with Crippen molar-refractivity contribution in [3.8, 4) is 11.5 Å². The molecule has 1 aliphatic heterocycles. The monoisotopic (exact) mass is 339 g/mol. The summed E-state index contributed by atoms with van der Waals surface area (Å²) in [7, 11) is 1.72. The Balaban J connectivity index is 2.14. The number of aromatic nitrogens is 1. The molecule has 25 heavy (non-hydrogen) atoms. The molecule has 0 saturated heterocycles. The highest BCUT2D eigenvalue weighted by atomic mass is 16.5. The van der Waals surface area contributed by atoms with Gasteiger partial charge in [0.15, 0.2) is 0 Å². The summed E-state index contributed by atoms with van der Waals surface area (Å²) in [6.07, 6.45) is 0.110. The zero-order chi connectivity index (χ0) is 18.1. The fourth-order valence-electron chi connectivity index (χ4n) is 3.02. The second-order valence-electron chi connectivity index (χ2n) is 6.44. The lowest BCUT2D eigenvalue weighted by Gasteiger charge is -2.26. The van der Waals surface area contributed by atoms with Crippen molar-refractivity contribution in [1.82, 2.24) is 4.57 Å². The predicted octanol–water partition coefficient (Wildman–Crippen LogP) is 3.09. The molecule has 1 aromatic heterocycles. The standard InChI is InChI=1S/C20H21NO4/c1-12(2)11-24-16-8-6-5-7-14(16)15-10-18(22)25-17-9-13(3)21(4)20(23)19(15)17/h5-9,15H,1,10-11H2,2-4H3. The normalized spacial score (nSPS) is 16.1. The number of aryl methyl sites for hydroxylation is 1. The SMILES string of the molecule is C=C(C)COc1ccccc1C1CC(=O)Oc2cc(C)n(C)c(=O)c21. The van der Waals surface area contributed by atoms with E-state index in [9.17, 15) is 9.59 Å². The molecule has 1 aromatic carbocycles. The third kappa shape index (κ3) is 3.22. The first-order valence-corrected chi connectivity index (χ1v) is 8.15. The summed E-state index contributed by atoms with van der Waals surface area (Å²) in [4.78, 5) is 24.9. The highest BCUT2D eigenvalue weighted by Crippen LogP contribution is 2.40. The number of ether oxygens (including phenoxy) is 2. The summed E-state index contributed by atoms with van der Waals surface area (Å²) in [5.41, 5.74) is 2.79. The predicted molar refractivity (Wildman–Crippen MR) is 95.3 cm³/mol. The molecule has 0 saturated carbocycles. The van der Waals surface area contributed by atoms with E-state index in [0.717, 1.165) is 16.8 Å². The Morgan fingerprint density at radius 2 is 2.08 bits per heavy atom. The number of fused-ring (bicyclic) bond motifs is 1. The number of para-hydroxylation sites is 1. The average Bonchev–Trinajstić information content (AvgIpc) is 2.57. The topological polar surface area (TPSA) is 57.5 Å². The van der Waals surface area contributed by atoms with Gasteiger partial charge in [-0.1, -0.05) is 24.8 Å². The van der Waals surface area contributed by atoms with E-state index in [2.05, 4.69) is 6.58 Å². The first-order chi connectivity index (χ1) is 11.9. The maximum Gasteiger partial charge on any atom is 0.312 e. The van der Waals surface area contributed by atoms with Gasteiger partial charge < -0.3 is 14.0 Å². The van der Waals surface area contributed by atoms with Crippen LogP contribution in [0, 0.1) is 6.92 Å². The molecule has 1 atom stereocenters. The Kier molecular flexibility index (Phi) is 4.49. The zero-order valence-corrected chi connectivity index (χ0v) is 14.7. The maximum atomic E-state index is 12.8. The average molecular weight is 339 g/mol. The summed E-state index contributed by atoms with van der Waals surface area (Å²) >= 11 is 0. The second-order valence-corrected chi connectivity index (χ2v) is 6.44. The van der Waals surface area contributed by atoms with Crippen LogP contribution >= 0.6 is 0 Å². The van der Waals surface area contributed by atoms with E-state index in [-0.39, 0.29) is 17.9 Å². The van der Waals surface area contributed by atoms with Crippen LogP contribution in [0.4, 0.5) is 0 Å². The lowest BCUT2D eigenvalue weighted by Crippen LogP contribution is -2.32. The number of rotatable bonds is 4. The van der Waals surface area contributed by atoms with Crippen molar-refractivity contribution in [2.45, 2.75) is 26.2 Å². The summed E-state index contributed by atoms with van der Waals surface area (Å²) in [5, 5.41) is 0. The van der Waals surface area contributed by atoms with Crippen molar-refractivity contribution >= 4 is 5.97 Å². The molecule has 1 aliphatic rings. The van der Waals surface area contributed by atoms with E-state index in [1.807, 2.05) is 38.1 Å². The highest BCUT2D eigenvalue weighted by Gasteiger charge is 2.33. The van der Waals surface area contributed by atoms with Gasteiger partial charge in [0.05, 0.1) is 12.0 Å². The lowest BCUT2D eigenvalue weighted by molar-refractivity contribution is -0.135. The Morgan fingerprint density at radius 3 is 2.80 bits per heavy atom. The first kappa shape index (κ1) is 17.0. The molecule has 0 bridgehead atoms. The number of carbonyl (C=O) groups is 1. The van der Waals surface area contributed by atoms with Crippen LogP contribution in [0.25, 0.3) is 0 Å². The largest absolute Gasteiger partial charge is 0.489 e. The minimum absolute atomic E-state index is 0.110. The van der Waals surface area contributed by atoms with Gasteiger partial charge in [0, 0.05) is 30.3 Å². The number of hydrogen-bond acceptors (Lipinski definition) is 4. The van der Waals surface area contributed by atoms with Crippen molar-refractivity contribution in [1.29, 1.82) is 0 Å². The quantitative estimate of drug-likeness (QED) is 0.634. The first-order valence-electron chi connectivity index (χ1n) is 8.15. The minimum Gasteiger partial charge on any atom is -0.489 e. The van der Waals surface area contributed by atoms with Crippen molar-refractivity contribution in [2.24, 2.45) is 7.05 Å². The molecule has 0 radical (unpaired) electrons. The van der Waals surface area contributed by atoms with Gasteiger partial charge in [-0.25, -0.2) is 0 Å². The molecule has 0 fully saturated rings. The number of benzene rings is 1. The summed E-state index contributed by atoms with van der Waals surface area (Å²) in [5.74, 6) is 0.257. The molecule has 0 aliphatic carbocycles. The number of nitrogens with zero attached hydrogens (tertiary/aromatic N) is 1. The highest BCUT2D eigenvalue weighted by molar-refractivity contribution is 5.78. The Bertz CT molecular complexity index is 910.